The first-order valence-electron chi connectivity index (χ1n) is 8.68. The molecule has 0 spiro atoms. The van der Waals surface area contributed by atoms with Crippen molar-refractivity contribution in [3.63, 3.8) is 0 Å². The van der Waals surface area contributed by atoms with E-state index >= 15 is 0 Å². The summed E-state index contributed by atoms with van der Waals surface area (Å²) in [6, 6.07) is 9.91. The number of ether oxygens (including phenoxy) is 1. The van der Waals surface area contributed by atoms with Gasteiger partial charge < -0.3 is 15.0 Å². The highest BCUT2D eigenvalue weighted by atomic mass is 16.6. The molecule has 2 aliphatic rings. The van der Waals surface area contributed by atoms with Crippen molar-refractivity contribution in [3.05, 3.63) is 41.5 Å². The first kappa shape index (κ1) is 15.9. The summed E-state index contributed by atoms with van der Waals surface area (Å²) in [4.78, 5) is 26.2. The lowest BCUT2D eigenvalue weighted by Gasteiger charge is -2.24. The molecule has 2 aliphatic heterocycles. The van der Waals surface area contributed by atoms with Crippen LogP contribution in [-0.2, 0) is 4.74 Å². The second kappa shape index (κ2) is 5.48. The lowest BCUT2D eigenvalue weighted by Crippen LogP contribution is -2.35. The largest absolute Gasteiger partial charge is 0.444 e. The van der Waals surface area contributed by atoms with Gasteiger partial charge in [0.05, 0.1) is 0 Å². The van der Waals surface area contributed by atoms with Crippen LogP contribution in [0.3, 0.4) is 0 Å². The lowest BCUT2D eigenvalue weighted by molar-refractivity contribution is 0.0292. The van der Waals surface area contributed by atoms with Crippen LogP contribution in [0.25, 0.3) is 10.8 Å². The van der Waals surface area contributed by atoms with Crippen LogP contribution in [0.4, 0.5) is 10.5 Å². The van der Waals surface area contributed by atoms with Crippen molar-refractivity contribution in [3.8, 4) is 0 Å². The molecule has 1 atom stereocenters. The quantitative estimate of drug-likeness (QED) is 0.850. The summed E-state index contributed by atoms with van der Waals surface area (Å²) in [7, 11) is 0. The number of nitrogens with one attached hydrogen (secondary N) is 1. The van der Waals surface area contributed by atoms with E-state index in [4.69, 9.17) is 4.74 Å². The minimum absolute atomic E-state index is 0.0421. The summed E-state index contributed by atoms with van der Waals surface area (Å²) in [5.41, 5.74) is 2.32. The lowest BCUT2D eigenvalue weighted by atomic mass is 9.91. The highest BCUT2D eigenvalue weighted by Gasteiger charge is 2.32. The molecular weight excluding hydrogens is 316 g/mol. The molecule has 2 amide bonds. The third kappa shape index (κ3) is 2.73. The Morgan fingerprint density at radius 2 is 2.04 bits per heavy atom. The monoisotopic (exact) mass is 338 g/mol. The van der Waals surface area contributed by atoms with Gasteiger partial charge in [-0.3, -0.25) is 4.79 Å². The summed E-state index contributed by atoms with van der Waals surface area (Å²) in [5, 5.41) is 5.02. The molecular formula is C20H22N2O3. The normalized spacial score (nSPS) is 19.4. The maximum atomic E-state index is 12.3. The number of nitrogens with zero attached hydrogens (tertiary/aromatic N) is 1. The molecule has 1 unspecified atom stereocenters. The number of benzene rings is 2. The van der Waals surface area contributed by atoms with Crippen LogP contribution in [0.15, 0.2) is 30.3 Å². The molecule has 0 radical (unpaired) electrons. The molecule has 130 valence electrons. The zero-order chi connectivity index (χ0) is 17.8. The van der Waals surface area contributed by atoms with Crippen molar-refractivity contribution in [2.45, 2.75) is 38.7 Å². The molecule has 0 saturated carbocycles. The van der Waals surface area contributed by atoms with Gasteiger partial charge in [0.1, 0.15) is 5.60 Å². The van der Waals surface area contributed by atoms with Crippen LogP contribution in [0.1, 0.15) is 49.0 Å². The van der Waals surface area contributed by atoms with Crippen molar-refractivity contribution in [2.24, 2.45) is 0 Å². The summed E-state index contributed by atoms with van der Waals surface area (Å²) >= 11 is 0. The predicted octanol–water partition coefficient (Wildman–Crippen LogP) is 4.13. The molecule has 1 saturated heterocycles. The summed E-state index contributed by atoms with van der Waals surface area (Å²) in [6.45, 7) is 6.98. The van der Waals surface area contributed by atoms with Gasteiger partial charge in [-0.25, -0.2) is 4.79 Å². The van der Waals surface area contributed by atoms with Crippen molar-refractivity contribution >= 4 is 28.5 Å². The van der Waals surface area contributed by atoms with Crippen molar-refractivity contribution in [1.82, 2.24) is 4.90 Å². The minimum Gasteiger partial charge on any atom is -0.444 e. The van der Waals surface area contributed by atoms with Gasteiger partial charge in [-0.2, -0.15) is 0 Å². The van der Waals surface area contributed by atoms with E-state index in [9.17, 15) is 9.59 Å². The van der Waals surface area contributed by atoms with Gasteiger partial charge in [0, 0.05) is 35.6 Å². The van der Waals surface area contributed by atoms with E-state index in [1.54, 1.807) is 4.90 Å². The summed E-state index contributed by atoms with van der Waals surface area (Å²) < 4.78 is 5.49. The van der Waals surface area contributed by atoms with E-state index in [0.29, 0.717) is 13.1 Å². The van der Waals surface area contributed by atoms with Crippen LogP contribution in [0.5, 0.6) is 0 Å². The number of amides is 2. The molecule has 0 aliphatic carbocycles. The standard InChI is InChI=1S/C20H22N2O3/c1-20(2,3)25-19(24)22-10-9-12(11-22)13-7-8-15-17-14(13)5-4-6-16(17)21-18(15)23/h4-8,12H,9-11H2,1-3H3,(H,21,23). The van der Waals surface area contributed by atoms with E-state index in [-0.39, 0.29) is 17.9 Å². The van der Waals surface area contributed by atoms with E-state index in [1.165, 1.54) is 5.56 Å². The first-order chi connectivity index (χ1) is 11.8. The third-order valence-corrected chi connectivity index (χ3v) is 4.85. The van der Waals surface area contributed by atoms with E-state index in [0.717, 1.165) is 28.4 Å². The number of hydrogen-bond acceptors (Lipinski definition) is 3. The van der Waals surface area contributed by atoms with Crippen molar-refractivity contribution in [2.75, 3.05) is 18.4 Å². The summed E-state index contributed by atoms with van der Waals surface area (Å²) in [5.74, 6) is 0.215. The first-order valence-corrected chi connectivity index (χ1v) is 8.68. The number of hydrogen-bond donors (Lipinski definition) is 1. The highest BCUT2D eigenvalue weighted by Crippen LogP contribution is 2.39. The van der Waals surface area contributed by atoms with Crippen LogP contribution in [-0.4, -0.2) is 35.6 Å². The van der Waals surface area contributed by atoms with E-state index < -0.39 is 5.60 Å². The fourth-order valence-electron chi connectivity index (χ4n) is 3.77. The van der Waals surface area contributed by atoms with Crippen LogP contribution < -0.4 is 5.32 Å². The van der Waals surface area contributed by atoms with Crippen molar-refractivity contribution in [1.29, 1.82) is 0 Å². The van der Waals surface area contributed by atoms with Gasteiger partial charge in [-0.05, 0) is 50.3 Å². The fraction of sp³-hybridized carbons (Fsp3) is 0.400. The zero-order valence-electron chi connectivity index (χ0n) is 14.8. The topological polar surface area (TPSA) is 58.6 Å². The maximum absolute atomic E-state index is 12.3. The molecule has 2 aromatic carbocycles. The molecule has 2 heterocycles. The molecule has 0 bridgehead atoms. The average Bonchev–Trinajstić information content (AvgIpc) is 3.13. The van der Waals surface area contributed by atoms with Gasteiger partial charge in [-0.1, -0.05) is 18.2 Å². The van der Waals surface area contributed by atoms with Gasteiger partial charge >= 0.3 is 6.09 Å². The highest BCUT2D eigenvalue weighted by molar-refractivity contribution is 6.24. The zero-order valence-corrected chi connectivity index (χ0v) is 14.8. The predicted molar refractivity (Wildman–Crippen MR) is 97.1 cm³/mol. The van der Waals surface area contributed by atoms with Crippen LogP contribution in [0.2, 0.25) is 0 Å². The Morgan fingerprint density at radius 3 is 2.80 bits per heavy atom. The smallest absolute Gasteiger partial charge is 0.410 e. The van der Waals surface area contributed by atoms with Crippen molar-refractivity contribution < 1.29 is 14.3 Å². The maximum Gasteiger partial charge on any atom is 0.410 e. The molecule has 0 aromatic heterocycles. The molecule has 4 rings (SSSR count). The number of rotatable bonds is 1. The Labute approximate surface area is 146 Å². The molecule has 2 aromatic rings. The Bertz CT molecular complexity index is 882. The number of likely N-dealkylation sites (tertiary alicyclic amines) is 1. The van der Waals surface area contributed by atoms with Gasteiger partial charge in [0.15, 0.2) is 0 Å². The Kier molecular flexibility index (Phi) is 3.49. The molecule has 5 heteroatoms. The second-order valence-corrected chi connectivity index (χ2v) is 7.80. The van der Waals surface area contributed by atoms with Gasteiger partial charge in [0.2, 0.25) is 0 Å². The number of carbonyl (C=O) groups is 2. The molecule has 1 N–H and O–H groups in total. The van der Waals surface area contributed by atoms with Crippen LogP contribution >= 0.6 is 0 Å². The van der Waals surface area contributed by atoms with Crippen LogP contribution in [0, 0.1) is 0 Å². The second-order valence-electron chi connectivity index (χ2n) is 7.80. The summed E-state index contributed by atoms with van der Waals surface area (Å²) in [6.07, 6.45) is 0.650. The SMILES string of the molecule is CC(C)(C)OC(=O)N1CCC(c2ccc3c4c(cccc24)NC3=O)C1. The van der Waals surface area contributed by atoms with Gasteiger partial charge in [-0.15, -0.1) is 0 Å². The third-order valence-electron chi connectivity index (χ3n) is 4.85. The fourth-order valence-corrected chi connectivity index (χ4v) is 3.77. The Morgan fingerprint density at radius 1 is 1.24 bits per heavy atom. The molecule has 1 fully saturated rings. The Balaban J connectivity index is 1.63. The number of carbonyl (C=O) groups excluding carboxylic acids is 2. The average molecular weight is 338 g/mol. The minimum atomic E-state index is -0.483. The number of anilines is 1. The Hall–Kier alpha value is -2.56. The van der Waals surface area contributed by atoms with E-state index in [2.05, 4.69) is 11.4 Å². The molecule has 25 heavy (non-hydrogen) atoms. The van der Waals surface area contributed by atoms with Gasteiger partial charge in [0.25, 0.3) is 5.91 Å². The van der Waals surface area contributed by atoms with E-state index in [1.807, 2.05) is 45.0 Å². The molecule has 5 nitrogen and oxygen atoms in total.